The molecule has 3 heterocycles. The molecule has 0 atom stereocenters. The van der Waals surface area contributed by atoms with E-state index in [4.69, 9.17) is 0 Å². The van der Waals surface area contributed by atoms with E-state index in [1.807, 2.05) is 0 Å². The number of hydrogen-bond donors (Lipinski definition) is 0. The minimum Gasteiger partial charge on any atom is -0.309 e. The van der Waals surface area contributed by atoms with Crippen molar-refractivity contribution in [3.05, 3.63) is 273 Å². The fourth-order valence-corrected chi connectivity index (χ4v) is 16.7. The summed E-state index contributed by atoms with van der Waals surface area (Å²) in [5.74, 6) is 0. The number of para-hydroxylation sites is 4. The SMILES string of the molecule is c1ccc(-c2ccccc2-n2c3ccc(-n4c5ccccc5c5ccccc54)cc3c3c(-n4c5ccccc5c5cc([Si](c6ccccc6)(c6ccccc6)c6ccccc6)ccc54)cccc32)cc1. The zero-order valence-corrected chi connectivity index (χ0v) is 39.3. The second kappa shape index (κ2) is 16.1. The highest BCUT2D eigenvalue weighted by Crippen LogP contribution is 2.43. The lowest BCUT2D eigenvalue weighted by Gasteiger charge is -2.34. The van der Waals surface area contributed by atoms with Crippen molar-refractivity contribution in [2.75, 3.05) is 0 Å². The molecule has 70 heavy (non-hydrogen) atoms. The number of rotatable bonds is 8. The van der Waals surface area contributed by atoms with Crippen LogP contribution < -0.4 is 20.7 Å². The summed E-state index contributed by atoms with van der Waals surface area (Å²) in [5.41, 5.74) is 12.9. The maximum Gasteiger partial charge on any atom is 0.179 e. The molecule has 328 valence electrons. The van der Waals surface area contributed by atoms with E-state index in [2.05, 4.69) is 287 Å². The molecule has 14 rings (SSSR count). The molecule has 4 heteroatoms. The number of benzene rings is 11. The molecule has 0 fully saturated rings. The summed E-state index contributed by atoms with van der Waals surface area (Å²) in [5, 5.41) is 12.8. The van der Waals surface area contributed by atoms with Crippen molar-refractivity contribution in [2.24, 2.45) is 0 Å². The molecule has 3 aromatic heterocycles. The maximum atomic E-state index is 2.54. The van der Waals surface area contributed by atoms with Crippen molar-refractivity contribution >= 4 is 94.2 Å². The van der Waals surface area contributed by atoms with Crippen molar-refractivity contribution < 1.29 is 0 Å². The Morgan fingerprint density at radius 1 is 0.243 bits per heavy atom. The van der Waals surface area contributed by atoms with Crippen molar-refractivity contribution in [1.82, 2.24) is 13.7 Å². The van der Waals surface area contributed by atoms with E-state index in [-0.39, 0.29) is 0 Å². The molecule has 0 bridgehead atoms. The van der Waals surface area contributed by atoms with Crippen molar-refractivity contribution in [1.29, 1.82) is 0 Å². The lowest BCUT2D eigenvalue weighted by Crippen LogP contribution is -2.74. The smallest absolute Gasteiger partial charge is 0.179 e. The first-order chi connectivity index (χ1) is 34.8. The van der Waals surface area contributed by atoms with E-state index in [0.717, 1.165) is 28.1 Å². The molecule has 0 spiro atoms. The first kappa shape index (κ1) is 40.1. The normalized spacial score (nSPS) is 12.0. The Balaban J connectivity index is 1.08. The summed E-state index contributed by atoms with van der Waals surface area (Å²) in [7, 11) is -2.81. The average Bonchev–Trinajstić information content (AvgIpc) is 4.08. The van der Waals surface area contributed by atoms with E-state index >= 15 is 0 Å². The molecular weight excluding hydrogens is 863 g/mol. The number of nitrogens with zero attached hydrogens (tertiary/aromatic N) is 3. The highest BCUT2D eigenvalue weighted by Gasteiger charge is 2.41. The van der Waals surface area contributed by atoms with Gasteiger partial charge < -0.3 is 13.7 Å². The van der Waals surface area contributed by atoms with Crippen LogP contribution in [0, 0.1) is 0 Å². The third-order valence-electron chi connectivity index (χ3n) is 14.8. The molecule has 0 saturated heterocycles. The second-order valence-corrected chi connectivity index (χ2v) is 22.2. The minimum atomic E-state index is -2.81. The quantitative estimate of drug-likeness (QED) is 0.107. The Morgan fingerprint density at radius 3 is 1.29 bits per heavy atom. The van der Waals surface area contributed by atoms with Gasteiger partial charge in [-0.1, -0.05) is 212 Å². The van der Waals surface area contributed by atoms with E-state index < -0.39 is 8.07 Å². The van der Waals surface area contributed by atoms with Crippen LogP contribution in [0.15, 0.2) is 273 Å². The lowest BCUT2D eigenvalue weighted by atomic mass is 10.0. The van der Waals surface area contributed by atoms with E-state index in [1.54, 1.807) is 0 Å². The molecule has 0 saturated carbocycles. The highest BCUT2D eigenvalue weighted by atomic mass is 28.3. The predicted molar refractivity (Wildman–Crippen MR) is 299 cm³/mol. The van der Waals surface area contributed by atoms with Gasteiger partial charge in [-0.25, -0.2) is 0 Å². The van der Waals surface area contributed by atoms with Gasteiger partial charge in [-0.05, 0) is 87.0 Å². The van der Waals surface area contributed by atoms with Crippen LogP contribution in [0.4, 0.5) is 0 Å². The molecular formula is C66H45N3Si. The van der Waals surface area contributed by atoms with Gasteiger partial charge in [0.1, 0.15) is 0 Å². The first-order valence-corrected chi connectivity index (χ1v) is 26.2. The zero-order chi connectivity index (χ0) is 46.2. The van der Waals surface area contributed by atoms with Crippen LogP contribution in [0.1, 0.15) is 0 Å². The van der Waals surface area contributed by atoms with Gasteiger partial charge in [0.15, 0.2) is 8.07 Å². The number of hydrogen-bond acceptors (Lipinski definition) is 0. The molecule has 0 radical (unpaired) electrons. The Morgan fingerprint density at radius 2 is 0.671 bits per heavy atom. The molecule has 11 aromatic carbocycles. The third-order valence-corrected chi connectivity index (χ3v) is 19.6. The van der Waals surface area contributed by atoms with Gasteiger partial charge >= 0.3 is 0 Å². The Hall–Kier alpha value is -8.96. The van der Waals surface area contributed by atoms with Gasteiger partial charge in [0.05, 0.1) is 44.5 Å². The van der Waals surface area contributed by atoms with Crippen LogP contribution in [-0.2, 0) is 0 Å². The van der Waals surface area contributed by atoms with Gasteiger partial charge in [-0.15, -0.1) is 0 Å². The van der Waals surface area contributed by atoms with Crippen molar-refractivity contribution in [2.45, 2.75) is 0 Å². The lowest BCUT2D eigenvalue weighted by molar-refractivity contribution is 1.16. The molecule has 0 aliphatic heterocycles. The molecule has 14 aromatic rings. The Labute approximate surface area is 407 Å². The first-order valence-electron chi connectivity index (χ1n) is 24.2. The largest absolute Gasteiger partial charge is 0.309 e. The molecule has 0 unspecified atom stereocenters. The zero-order valence-electron chi connectivity index (χ0n) is 38.3. The van der Waals surface area contributed by atoms with Gasteiger partial charge in [-0.3, -0.25) is 0 Å². The third kappa shape index (κ3) is 5.94. The van der Waals surface area contributed by atoms with Gasteiger partial charge in [-0.2, -0.15) is 0 Å². The summed E-state index contributed by atoms with van der Waals surface area (Å²) < 4.78 is 7.48. The standard InChI is InChI=1S/C66H45N3Si/c1-5-22-46(23-6-1)52-30-13-17-34-58(52)68-63-42-40-47(67-59-35-18-14-31-53(59)54-32-15-19-36-60(54)67)44-57(63)66-64(68)38-21-39-65(66)69-61-37-20-16-33-55(61)56-45-51(41-43-62(56)69)70(48-24-7-2-8-25-48,49-26-9-3-10-27-49)50-28-11-4-12-29-50/h1-45H. The topological polar surface area (TPSA) is 14.8 Å². The summed E-state index contributed by atoms with van der Waals surface area (Å²) in [4.78, 5) is 0. The van der Waals surface area contributed by atoms with Gasteiger partial charge in [0.25, 0.3) is 0 Å². The van der Waals surface area contributed by atoms with Gasteiger partial charge in [0, 0.05) is 43.6 Å². The number of fused-ring (bicyclic) bond motifs is 9. The van der Waals surface area contributed by atoms with E-state index in [1.165, 1.54) is 86.3 Å². The fourth-order valence-electron chi connectivity index (χ4n) is 11.9. The monoisotopic (exact) mass is 907 g/mol. The molecule has 0 aliphatic rings. The number of aromatic nitrogens is 3. The van der Waals surface area contributed by atoms with Crippen LogP contribution in [0.2, 0.25) is 0 Å². The van der Waals surface area contributed by atoms with Crippen molar-refractivity contribution in [3.8, 4) is 28.2 Å². The summed E-state index contributed by atoms with van der Waals surface area (Å²) in [6.45, 7) is 0. The molecule has 0 aliphatic carbocycles. The van der Waals surface area contributed by atoms with Crippen LogP contribution >= 0.6 is 0 Å². The summed E-state index contributed by atoms with van der Waals surface area (Å²) >= 11 is 0. The predicted octanol–water partition coefficient (Wildman–Crippen LogP) is 14.0. The van der Waals surface area contributed by atoms with Gasteiger partial charge in [0.2, 0.25) is 0 Å². The summed E-state index contributed by atoms with van der Waals surface area (Å²) in [6, 6.07) is 101. The summed E-state index contributed by atoms with van der Waals surface area (Å²) in [6.07, 6.45) is 0. The fraction of sp³-hybridized carbons (Fsp3) is 0. The van der Waals surface area contributed by atoms with Crippen LogP contribution in [0.3, 0.4) is 0 Å². The molecule has 0 N–H and O–H groups in total. The Kier molecular flexibility index (Phi) is 9.23. The molecule has 3 nitrogen and oxygen atoms in total. The van der Waals surface area contributed by atoms with E-state index in [0.29, 0.717) is 0 Å². The minimum absolute atomic E-state index is 1.13. The second-order valence-electron chi connectivity index (χ2n) is 18.4. The van der Waals surface area contributed by atoms with Crippen LogP contribution in [0.5, 0.6) is 0 Å². The van der Waals surface area contributed by atoms with Crippen LogP contribution in [0.25, 0.3) is 93.6 Å². The average molecular weight is 908 g/mol. The maximum absolute atomic E-state index is 2.81. The molecule has 0 amide bonds. The Bertz CT molecular complexity index is 4130. The highest BCUT2D eigenvalue weighted by molar-refractivity contribution is 7.20. The van der Waals surface area contributed by atoms with Crippen LogP contribution in [-0.4, -0.2) is 21.8 Å². The van der Waals surface area contributed by atoms with Crippen molar-refractivity contribution in [3.63, 3.8) is 0 Å². The van der Waals surface area contributed by atoms with E-state index in [9.17, 15) is 0 Å².